The molecule has 0 aliphatic heterocycles. The molecule has 0 amide bonds. The molecular formula is C15H15NO5. The number of aromatic hydroxyl groups is 2. The van der Waals surface area contributed by atoms with Gasteiger partial charge in [-0.3, -0.25) is 0 Å². The number of nitrogens with two attached hydrogens (primary N) is 1. The molecular weight excluding hydrogens is 274 g/mol. The predicted molar refractivity (Wildman–Crippen MR) is 77.6 cm³/mol. The third kappa shape index (κ3) is 2.34. The van der Waals surface area contributed by atoms with E-state index < -0.39 is 5.63 Å². The largest absolute Gasteiger partial charge is 0.504 e. The minimum Gasteiger partial charge on any atom is -0.504 e. The SMILES string of the molecule is NCCCCc1cc2oc3cc(O)c(O)cc3c2c(=O)o1. The van der Waals surface area contributed by atoms with Gasteiger partial charge in [0.2, 0.25) is 0 Å². The first kappa shape index (κ1) is 13.5. The second-order valence-corrected chi connectivity index (χ2v) is 4.92. The van der Waals surface area contributed by atoms with Crippen LogP contribution in [0.25, 0.3) is 21.9 Å². The van der Waals surface area contributed by atoms with E-state index in [0.717, 1.165) is 12.8 Å². The molecule has 0 fully saturated rings. The van der Waals surface area contributed by atoms with Crippen LogP contribution < -0.4 is 11.4 Å². The number of unbranched alkanes of at least 4 members (excludes halogenated alkanes) is 1. The molecule has 3 rings (SSSR count). The third-order valence-electron chi connectivity index (χ3n) is 3.41. The standard InChI is InChI=1S/C15H15NO5/c16-4-2-1-3-8-5-13-14(15(19)20-8)9-6-10(17)11(18)7-12(9)21-13/h5-7,17-18H,1-4,16H2. The van der Waals surface area contributed by atoms with Crippen LogP contribution in [0.1, 0.15) is 18.6 Å². The van der Waals surface area contributed by atoms with Crippen LogP contribution in [0, 0.1) is 0 Å². The predicted octanol–water partition coefficient (Wildman–Crippen LogP) is 2.23. The Morgan fingerprint density at radius 1 is 1.00 bits per heavy atom. The number of benzene rings is 1. The molecule has 0 aliphatic rings. The van der Waals surface area contributed by atoms with Crippen LogP contribution in [0.4, 0.5) is 0 Å². The second kappa shape index (κ2) is 5.14. The van der Waals surface area contributed by atoms with Gasteiger partial charge in [-0.05, 0) is 25.5 Å². The first-order chi connectivity index (χ1) is 10.1. The average molecular weight is 289 g/mol. The zero-order valence-corrected chi connectivity index (χ0v) is 11.3. The summed E-state index contributed by atoms with van der Waals surface area (Å²) in [5, 5.41) is 19.7. The highest BCUT2D eigenvalue weighted by Crippen LogP contribution is 2.35. The number of hydrogen-bond acceptors (Lipinski definition) is 6. The maximum Gasteiger partial charge on any atom is 0.347 e. The molecule has 4 N–H and O–H groups in total. The van der Waals surface area contributed by atoms with Crippen molar-refractivity contribution in [2.24, 2.45) is 5.73 Å². The summed E-state index contributed by atoms with van der Waals surface area (Å²) in [6.07, 6.45) is 2.28. The summed E-state index contributed by atoms with van der Waals surface area (Å²) in [6, 6.07) is 4.24. The van der Waals surface area contributed by atoms with Gasteiger partial charge >= 0.3 is 5.63 Å². The lowest BCUT2D eigenvalue weighted by Gasteiger charge is -1.98. The first-order valence-corrected chi connectivity index (χ1v) is 6.71. The Kier molecular flexibility index (Phi) is 3.31. The summed E-state index contributed by atoms with van der Waals surface area (Å²) in [7, 11) is 0. The number of fused-ring (bicyclic) bond motifs is 3. The fraction of sp³-hybridized carbons (Fsp3) is 0.267. The molecule has 0 aliphatic carbocycles. The van der Waals surface area contributed by atoms with Crippen molar-refractivity contribution in [1.29, 1.82) is 0 Å². The number of phenols is 2. The number of furan rings is 1. The number of aryl methyl sites for hydroxylation is 1. The van der Waals surface area contributed by atoms with Gasteiger partial charge in [-0.25, -0.2) is 4.79 Å². The Hall–Kier alpha value is -2.47. The molecule has 2 aromatic heterocycles. The number of hydrogen-bond donors (Lipinski definition) is 3. The minimum absolute atomic E-state index is 0.267. The molecule has 2 heterocycles. The summed E-state index contributed by atoms with van der Waals surface area (Å²) in [5.74, 6) is -0.0702. The van der Waals surface area contributed by atoms with Crippen LogP contribution in [-0.2, 0) is 6.42 Å². The molecule has 3 aromatic rings. The van der Waals surface area contributed by atoms with Gasteiger partial charge in [0.1, 0.15) is 22.3 Å². The van der Waals surface area contributed by atoms with E-state index in [-0.39, 0.29) is 16.9 Å². The molecule has 1 aromatic carbocycles. The van der Waals surface area contributed by atoms with Crippen LogP contribution in [0.2, 0.25) is 0 Å². The van der Waals surface area contributed by atoms with E-state index in [1.54, 1.807) is 6.07 Å². The van der Waals surface area contributed by atoms with Crippen molar-refractivity contribution in [2.45, 2.75) is 19.3 Å². The molecule has 110 valence electrons. The van der Waals surface area contributed by atoms with E-state index in [9.17, 15) is 15.0 Å². The summed E-state index contributed by atoms with van der Waals surface area (Å²) in [5.41, 5.74) is 5.63. The molecule has 21 heavy (non-hydrogen) atoms. The smallest absolute Gasteiger partial charge is 0.347 e. The lowest BCUT2D eigenvalue weighted by Crippen LogP contribution is -2.03. The molecule has 0 bridgehead atoms. The number of rotatable bonds is 4. The monoisotopic (exact) mass is 289 g/mol. The van der Waals surface area contributed by atoms with E-state index >= 15 is 0 Å². The highest BCUT2D eigenvalue weighted by atomic mass is 16.4. The van der Waals surface area contributed by atoms with Crippen molar-refractivity contribution in [1.82, 2.24) is 0 Å². The first-order valence-electron chi connectivity index (χ1n) is 6.71. The summed E-state index contributed by atoms with van der Waals surface area (Å²) >= 11 is 0. The van der Waals surface area contributed by atoms with Crippen LogP contribution in [-0.4, -0.2) is 16.8 Å². The average Bonchev–Trinajstić information content (AvgIpc) is 2.77. The maximum atomic E-state index is 12.1. The Morgan fingerprint density at radius 2 is 1.76 bits per heavy atom. The molecule has 6 nitrogen and oxygen atoms in total. The maximum absolute atomic E-state index is 12.1. The Labute approximate surface area is 119 Å². The van der Waals surface area contributed by atoms with Crippen molar-refractivity contribution in [3.8, 4) is 11.5 Å². The molecule has 0 radical (unpaired) electrons. The van der Waals surface area contributed by atoms with Crippen molar-refractivity contribution in [2.75, 3.05) is 6.54 Å². The van der Waals surface area contributed by atoms with Gasteiger partial charge in [-0.15, -0.1) is 0 Å². The molecule has 0 saturated carbocycles. The molecule has 6 heteroatoms. The zero-order valence-electron chi connectivity index (χ0n) is 11.3. The Bertz CT molecular complexity index is 862. The van der Waals surface area contributed by atoms with Gasteiger partial charge in [0, 0.05) is 23.9 Å². The minimum atomic E-state index is -0.515. The number of phenolic OH excluding ortho intramolecular Hbond substituents is 2. The zero-order chi connectivity index (χ0) is 15.0. The summed E-state index contributed by atoms with van der Waals surface area (Å²) in [4.78, 5) is 12.1. The Balaban J connectivity index is 2.15. The topological polar surface area (TPSA) is 110 Å². The molecule has 0 spiro atoms. The Morgan fingerprint density at radius 3 is 2.52 bits per heavy atom. The van der Waals surface area contributed by atoms with E-state index in [0.29, 0.717) is 35.3 Å². The van der Waals surface area contributed by atoms with Crippen molar-refractivity contribution in [3.05, 3.63) is 34.4 Å². The molecule has 0 atom stereocenters. The summed E-state index contributed by atoms with van der Waals surface area (Å²) in [6.45, 7) is 0.593. The van der Waals surface area contributed by atoms with E-state index in [1.165, 1.54) is 12.1 Å². The van der Waals surface area contributed by atoms with Gasteiger partial charge in [0.15, 0.2) is 11.5 Å². The quantitative estimate of drug-likeness (QED) is 0.502. The van der Waals surface area contributed by atoms with Crippen molar-refractivity contribution < 1.29 is 19.0 Å². The normalized spacial score (nSPS) is 11.5. The van der Waals surface area contributed by atoms with Crippen LogP contribution >= 0.6 is 0 Å². The molecule has 0 saturated heterocycles. The summed E-state index contributed by atoms with van der Waals surface area (Å²) < 4.78 is 10.8. The van der Waals surface area contributed by atoms with E-state index in [2.05, 4.69) is 0 Å². The van der Waals surface area contributed by atoms with Crippen LogP contribution in [0.3, 0.4) is 0 Å². The van der Waals surface area contributed by atoms with Gasteiger partial charge in [0.05, 0.1) is 0 Å². The van der Waals surface area contributed by atoms with Gasteiger partial charge in [-0.1, -0.05) is 0 Å². The highest BCUT2D eigenvalue weighted by molar-refractivity contribution is 6.05. The third-order valence-corrected chi connectivity index (χ3v) is 3.41. The van der Waals surface area contributed by atoms with E-state index in [1.807, 2.05) is 0 Å². The van der Waals surface area contributed by atoms with Gasteiger partial charge in [-0.2, -0.15) is 0 Å². The second-order valence-electron chi connectivity index (χ2n) is 4.92. The highest BCUT2D eigenvalue weighted by Gasteiger charge is 2.16. The molecule has 0 unspecified atom stereocenters. The van der Waals surface area contributed by atoms with Crippen molar-refractivity contribution >= 4 is 21.9 Å². The van der Waals surface area contributed by atoms with Crippen LogP contribution in [0.15, 0.2) is 31.8 Å². The van der Waals surface area contributed by atoms with Crippen LogP contribution in [0.5, 0.6) is 11.5 Å². The van der Waals surface area contributed by atoms with Gasteiger partial charge in [0.25, 0.3) is 0 Å². The van der Waals surface area contributed by atoms with Crippen molar-refractivity contribution in [3.63, 3.8) is 0 Å². The van der Waals surface area contributed by atoms with Gasteiger partial charge < -0.3 is 24.8 Å². The fourth-order valence-electron chi connectivity index (χ4n) is 2.36. The van der Waals surface area contributed by atoms with E-state index in [4.69, 9.17) is 14.6 Å². The fourth-order valence-corrected chi connectivity index (χ4v) is 2.36. The lowest BCUT2D eigenvalue weighted by molar-refractivity contribution is 0.404. The lowest BCUT2D eigenvalue weighted by atomic mass is 10.1.